The lowest BCUT2D eigenvalue weighted by Gasteiger charge is -2.16. The summed E-state index contributed by atoms with van der Waals surface area (Å²) in [4.78, 5) is 13.8. The molecule has 0 radical (unpaired) electrons. The number of benzene rings is 2. The third kappa shape index (κ3) is 4.66. The average molecular weight is 464 g/mol. The molecular weight excluding hydrogens is 446 g/mol. The van der Waals surface area contributed by atoms with Crippen molar-refractivity contribution in [3.05, 3.63) is 52.0 Å². The van der Waals surface area contributed by atoms with Crippen molar-refractivity contribution < 1.29 is 19.4 Å². The monoisotopic (exact) mass is 463 g/mol. The van der Waals surface area contributed by atoms with E-state index in [0.29, 0.717) is 23.2 Å². The number of amides is 1. The van der Waals surface area contributed by atoms with E-state index >= 15 is 0 Å². The fraction of sp³-hybridized carbons (Fsp3) is 0.211. The van der Waals surface area contributed by atoms with Crippen molar-refractivity contribution in [3.8, 4) is 17.2 Å². The molecule has 1 fully saturated rings. The quantitative estimate of drug-likeness (QED) is 0.522. The van der Waals surface area contributed by atoms with E-state index in [9.17, 15) is 9.90 Å². The first-order valence-corrected chi connectivity index (χ1v) is 10.0. The number of amidine groups is 1. The van der Waals surface area contributed by atoms with E-state index in [1.807, 2.05) is 18.2 Å². The number of thioether (sulfide) groups is 1. The van der Waals surface area contributed by atoms with Crippen LogP contribution in [0.25, 0.3) is 0 Å². The number of nitrogens with zero attached hydrogens (tertiary/aromatic N) is 3. The minimum absolute atomic E-state index is 0.0165. The molecule has 0 atom stereocenters. The number of ether oxygens (including phenoxy) is 2. The molecule has 1 heterocycles. The van der Waals surface area contributed by atoms with Gasteiger partial charge in [-0.25, -0.2) is 0 Å². The minimum atomic E-state index is -0.0165. The molecule has 0 saturated carbocycles. The summed E-state index contributed by atoms with van der Waals surface area (Å²) in [5.41, 5.74) is 1.67. The Morgan fingerprint density at radius 1 is 1.21 bits per heavy atom. The second kappa shape index (κ2) is 9.11. The minimum Gasteiger partial charge on any atom is -0.504 e. The number of carbonyl (C=O) groups is 1. The van der Waals surface area contributed by atoms with E-state index in [4.69, 9.17) is 9.47 Å². The second-order valence-corrected chi connectivity index (χ2v) is 7.59. The molecule has 1 amide bonds. The number of hydrogen-bond acceptors (Lipinski definition) is 7. The molecule has 3 rings (SSSR count). The smallest absolute Gasteiger partial charge is 0.239 e. The third-order valence-corrected chi connectivity index (χ3v) is 5.54. The van der Waals surface area contributed by atoms with Gasteiger partial charge in [0.1, 0.15) is 5.75 Å². The van der Waals surface area contributed by atoms with Crippen LogP contribution in [-0.4, -0.2) is 47.3 Å². The molecule has 7 nitrogen and oxygen atoms in total. The maximum Gasteiger partial charge on any atom is 0.239 e. The molecule has 9 heteroatoms. The summed E-state index contributed by atoms with van der Waals surface area (Å²) in [6.07, 6.45) is 1.54. The number of aromatic hydroxyl groups is 1. The zero-order valence-corrected chi connectivity index (χ0v) is 17.7. The van der Waals surface area contributed by atoms with Crippen LogP contribution in [0.3, 0.4) is 0 Å². The van der Waals surface area contributed by atoms with Crippen LogP contribution < -0.4 is 9.47 Å². The molecule has 146 valence electrons. The Labute approximate surface area is 175 Å². The van der Waals surface area contributed by atoms with Gasteiger partial charge in [-0.05, 0) is 57.4 Å². The molecular formula is C19H18BrN3O4S. The summed E-state index contributed by atoms with van der Waals surface area (Å²) in [6.45, 7) is 0.399. The lowest BCUT2D eigenvalue weighted by molar-refractivity contribution is -0.124. The summed E-state index contributed by atoms with van der Waals surface area (Å²) in [6, 6.07) is 10.5. The van der Waals surface area contributed by atoms with Crippen LogP contribution in [0.15, 0.2) is 51.1 Å². The highest BCUT2D eigenvalue weighted by atomic mass is 79.9. The largest absolute Gasteiger partial charge is 0.504 e. The van der Waals surface area contributed by atoms with E-state index in [-0.39, 0.29) is 11.7 Å². The lowest BCUT2D eigenvalue weighted by Crippen LogP contribution is -2.28. The normalized spacial score (nSPS) is 15.6. The molecule has 1 aliphatic heterocycles. The van der Waals surface area contributed by atoms with Crippen LogP contribution in [0, 0.1) is 0 Å². The van der Waals surface area contributed by atoms with Gasteiger partial charge in [0.05, 0.1) is 37.2 Å². The molecule has 1 saturated heterocycles. The van der Waals surface area contributed by atoms with Crippen molar-refractivity contribution in [3.63, 3.8) is 0 Å². The van der Waals surface area contributed by atoms with Gasteiger partial charge in [-0.2, -0.15) is 5.10 Å². The molecule has 0 spiro atoms. The number of rotatable bonds is 6. The maximum absolute atomic E-state index is 12.2. The Kier molecular flexibility index (Phi) is 6.58. The van der Waals surface area contributed by atoms with Crippen molar-refractivity contribution >= 4 is 45.0 Å². The van der Waals surface area contributed by atoms with E-state index < -0.39 is 0 Å². The van der Waals surface area contributed by atoms with Gasteiger partial charge < -0.3 is 14.6 Å². The number of halogens is 1. The summed E-state index contributed by atoms with van der Waals surface area (Å²) >= 11 is 4.80. The standard InChI is InChI=1S/C19H18BrN3O4S/c1-26-16-6-4-13(7-14(16)20)10-23-18(25)11-28-19(23)22-21-9-12-3-5-15(24)17(8-12)27-2/h3-9,24H,10-11H2,1-2H3/b21-9-,22-19+. The topological polar surface area (TPSA) is 83.7 Å². The first-order valence-electron chi connectivity index (χ1n) is 8.25. The second-order valence-electron chi connectivity index (χ2n) is 5.80. The summed E-state index contributed by atoms with van der Waals surface area (Å²) < 4.78 is 11.1. The van der Waals surface area contributed by atoms with Crippen molar-refractivity contribution in [1.29, 1.82) is 0 Å². The van der Waals surface area contributed by atoms with Gasteiger partial charge >= 0.3 is 0 Å². The van der Waals surface area contributed by atoms with Crippen LogP contribution >= 0.6 is 27.7 Å². The molecule has 0 bridgehead atoms. The van der Waals surface area contributed by atoms with Gasteiger partial charge in [0.25, 0.3) is 0 Å². The molecule has 2 aromatic rings. The first-order chi connectivity index (χ1) is 13.5. The van der Waals surface area contributed by atoms with E-state index in [1.54, 1.807) is 30.4 Å². The van der Waals surface area contributed by atoms with Crippen molar-refractivity contribution in [1.82, 2.24) is 4.90 Å². The van der Waals surface area contributed by atoms with Gasteiger partial charge in [0, 0.05) is 0 Å². The SMILES string of the molecule is COc1cc(/C=N\N=C2\SCC(=O)N2Cc2ccc(OC)c(Br)c2)ccc1O. The number of phenols is 1. The highest BCUT2D eigenvalue weighted by Crippen LogP contribution is 2.28. The molecule has 28 heavy (non-hydrogen) atoms. The van der Waals surface area contributed by atoms with Gasteiger partial charge in [-0.15, -0.1) is 5.10 Å². The highest BCUT2D eigenvalue weighted by Gasteiger charge is 2.28. The summed E-state index contributed by atoms with van der Waals surface area (Å²) in [5.74, 6) is 1.46. The zero-order chi connectivity index (χ0) is 20.1. The Morgan fingerprint density at radius 2 is 2.00 bits per heavy atom. The number of phenolic OH excluding ortho intramolecular Hbond substituents is 1. The Bertz CT molecular complexity index is 949. The van der Waals surface area contributed by atoms with Crippen LogP contribution in [0.5, 0.6) is 17.2 Å². The van der Waals surface area contributed by atoms with Gasteiger partial charge in [0.15, 0.2) is 16.7 Å². The molecule has 0 aromatic heterocycles. The predicted molar refractivity (Wildman–Crippen MR) is 113 cm³/mol. The van der Waals surface area contributed by atoms with Crippen molar-refractivity contribution in [2.75, 3.05) is 20.0 Å². The van der Waals surface area contributed by atoms with Crippen LogP contribution in [-0.2, 0) is 11.3 Å². The van der Waals surface area contributed by atoms with Crippen LogP contribution in [0.4, 0.5) is 0 Å². The van der Waals surface area contributed by atoms with Crippen molar-refractivity contribution in [2.24, 2.45) is 10.2 Å². The van der Waals surface area contributed by atoms with Gasteiger partial charge in [-0.3, -0.25) is 9.69 Å². The van der Waals surface area contributed by atoms with Crippen molar-refractivity contribution in [2.45, 2.75) is 6.54 Å². The molecule has 2 aromatic carbocycles. The third-order valence-electron chi connectivity index (χ3n) is 3.97. The summed E-state index contributed by atoms with van der Waals surface area (Å²) in [5, 5.41) is 18.5. The Balaban J connectivity index is 1.75. The van der Waals surface area contributed by atoms with Crippen LogP contribution in [0.1, 0.15) is 11.1 Å². The van der Waals surface area contributed by atoms with E-state index in [2.05, 4.69) is 26.1 Å². The fourth-order valence-corrected chi connectivity index (χ4v) is 3.96. The number of methoxy groups -OCH3 is 2. The fourth-order valence-electron chi connectivity index (χ4n) is 2.54. The van der Waals surface area contributed by atoms with Crippen LogP contribution in [0.2, 0.25) is 0 Å². The van der Waals surface area contributed by atoms with Gasteiger partial charge in [-0.1, -0.05) is 17.8 Å². The highest BCUT2D eigenvalue weighted by molar-refractivity contribution is 9.10. The lowest BCUT2D eigenvalue weighted by atomic mass is 10.2. The Morgan fingerprint density at radius 3 is 2.71 bits per heavy atom. The van der Waals surface area contributed by atoms with Gasteiger partial charge in [0.2, 0.25) is 5.91 Å². The zero-order valence-electron chi connectivity index (χ0n) is 15.3. The molecule has 0 aliphatic carbocycles. The van der Waals surface area contributed by atoms with E-state index in [1.165, 1.54) is 24.9 Å². The average Bonchev–Trinajstić information content (AvgIpc) is 3.03. The molecule has 1 aliphatic rings. The Hall–Kier alpha value is -2.52. The van der Waals surface area contributed by atoms with E-state index in [0.717, 1.165) is 21.3 Å². The number of hydrogen-bond donors (Lipinski definition) is 1. The molecule has 0 unspecified atom stereocenters. The predicted octanol–water partition coefficient (Wildman–Crippen LogP) is 3.64. The first kappa shape index (κ1) is 20.2. The maximum atomic E-state index is 12.2. The summed E-state index contributed by atoms with van der Waals surface area (Å²) in [7, 11) is 3.08. The molecule has 1 N–H and O–H groups in total. The number of carbonyl (C=O) groups excluding carboxylic acids is 1.